The topological polar surface area (TPSA) is 79.8 Å². The zero-order valence-electron chi connectivity index (χ0n) is 13.6. The van der Waals surface area contributed by atoms with Crippen LogP contribution in [-0.2, 0) is 10.2 Å². The normalized spacial score (nSPS) is 23.6. The van der Waals surface area contributed by atoms with Crippen LogP contribution in [0.25, 0.3) is 0 Å². The molecule has 1 aromatic rings. The van der Waals surface area contributed by atoms with E-state index in [2.05, 4.69) is 10.6 Å². The number of carbonyl (C=O) groups is 1. The third kappa shape index (κ3) is 3.28. The zero-order chi connectivity index (χ0) is 16.4. The standard InChI is InChI=1S/C17H24N2O4/c1-17(2,16(21)19-9-11-8-18-10-13(11)20)12-3-4-14-15(7-12)23-6-5-22-14/h3-4,7,11,13,18,20H,5-6,8-10H2,1-2H3,(H,19,21). The Hall–Kier alpha value is -1.79. The van der Waals surface area contributed by atoms with Crippen LogP contribution < -0.4 is 20.1 Å². The Balaban J connectivity index is 1.68. The Morgan fingerprint density at radius 2 is 2.04 bits per heavy atom. The minimum atomic E-state index is -0.688. The molecule has 2 aliphatic heterocycles. The molecule has 1 fully saturated rings. The molecule has 0 spiro atoms. The van der Waals surface area contributed by atoms with Crippen LogP contribution >= 0.6 is 0 Å². The molecular weight excluding hydrogens is 296 g/mol. The second-order valence-electron chi connectivity index (χ2n) is 6.68. The van der Waals surface area contributed by atoms with Crippen molar-refractivity contribution in [3.8, 4) is 11.5 Å². The second kappa shape index (κ2) is 6.37. The summed E-state index contributed by atoms with van der Waals surface area (Å²) >= 11 is 0. The molecule has 0 aromatic heterocycles. The highest BCUT2D eigenvalue weighted by atomic mass is 16.6. The van der Waals surface area contributed by atoms with Gasteiger partial charge >= 0.3 is 0 Å². The zero-order valence-corrected chi connectivity index (χ0v) is 13.6. The number of amides is 1. The van der Waals surface area contributed by atoms with Crippen molar-refractivity contribution in [1.29, 1.82) is 0 Å². The van der Waals surface area contributed by atoms with Gasteiger partial charge in [-0.3, -0.25) is 4.79 Å². The fourth-order valence-electron chi connectivity index (χ4n) is 2.94. The fraction of sp³-hybridized carbons (Fsp3) is 0.588. The molecule has 0 saturated carbocycles. The molecule has 0 bridgehead atoms. The molecule has 126 valence electrons. The number of carbonyl (C=O) groups excluding carboxylic acids is 1. The molecule has 2 aliphatic rings. The van der Waals surface area contributed by atoms with Gasteiger partial charge in [0.25, 0.3) is 0 Å². The molecule has 23 heavy (non-hydrogen) atoms. The lowest BCUT2D eigenvalue weighted by atomic mass is 9.83. The number of hydrogen-bond donors (Lipinski definition) is 3. The van der Waals surface area contributed by atoms with Gasteiger partial charge in [-0.25, -0.2) is 0 Å². The summed E-state index contributed by atoms with van der Waals surface area (Å²) < 4.78 is 11.1. The second-order valence-corrected chi connectivity index (χ2v) is 6.68. The van der Waals surface area contributed by atoms with E-state index in [1.807, 2.05) is 32.0 Å². The number of hydrogen-bond acceptors (Lipinski definition) is 5. The monoisotopic (exact) mass is 320 g/mol. The Labute approximate surface area is 136 Å². The van der Waals surface area contributed by atoms with Crippen LogP contribution in [-0.4, -0.2) is 50.0 Å². The SMILES string of the molecule is CC(C)(C(=O)NCC1CNCC1O)c1ccc2c(c1)OCCO2. The molecule has 0 radical (unpaired) electrons. The van der Waals surface area contributed by atoms with Crippen molar-refractivity contribution in [2.75, 3.05) is 32.8 Å². The van der Waals surface area contributed by atoms with Crippen molar-refractivity contribution in [3.05, 3.63) is 23.8 Å². The highest BCUT2D eigenvalue weighted by molar-refractivity contribution is 5.87. The van der Waals surface area contributed by atoms with Crippen molar-refractivity contribution in [1.82, 2.24) is 10.6 Å². The van der Waals surface area contributed by atoms with Crippen molar-refractivity contribution in [2.45, 2.75) is 25.4 Å². The van der Waals surface area contributed by atoms with Crippen LogP contribution in [0.4, 0.5) is 0 Å². The summed E-state index contributed by atoms with van der Waals surface area (Å²) in [5.74, 6) is 1.41. The number of rotatable bonds is 4. The average Bonchev–Trinajstić information content (AvgIpc) is 2.97. The van der Waals surface area contributed by atoms with Crippen LogP contribution in [0.15, 0.2) is 18.2 Å². The number of aliphatic hydroxyl groups is 1. The number of nitrogens with one attached hydrogen (secondary N) is 2. The number of benzene rings is 1. The molecule has 3 rings (SSSR count). The molecule has 2 unspecified atom stereocenters. The van der Waals surface area contributed by atoms with E-state index in [0.717, 1.165) is 17.9 Å². The molecule has 3 N–H and O–H groups in total. The van der Waals surface area contributed by atoms with Crippen molar-refractivity contribution < 1.29 is 19.4 Å². The van der Waals surface area contributed by atoms with Gasteiger partial charge in [-0.1, -0.05) is 6.07 Å². The van der Waals surface area contributed by atoms with Crippen LogP contribution in [0.5, 0.6) is 11.5 Å². The number of aliphatic hydroxyl groups excluding tert-OH is 1. The van der Waals surface area contributed by atoms with E-state index < -0.39 is 11.5 Å². The van der Waals surface area contributed by atoms with Gasteiger partial charge in [-0.2, -0.15) is 0 Å². The van der Waals surface area contributed by atoms with Gasteiger partial charge in [0, 0.05) is 25.6 Å². The minimum absolute atomic E-state index is 0.0618. The first-order chi connectivity index (χ1) is 11.0. The first-order valence-corrected chi connectivity index (χ1v) is 8.05. The van der Waals surface area contributed by atoms with Gasteiger partial charge in [-0.15, -0.1) is 0 Å². The smallest absolute Gasteiger partial charge is 0.230 e. The summed E-state index contributed by atoms with van der Waals surface area (Å²) in [7, 11) is 0. The summed E-state index contributed by atoms with van der Waals surface area (Å²) in [5, 5.41) is 15.9. The van der Waals surface area contributed by atoms with Crippen LogP contribution in [0.1, 0.15) is 19.4 Å². The molecular formula is C17H24N2O4. The maximum Gasteiger partial charge on any atom is 0.230 e. The molecule has 2 atom stereocenters. The molecule has 2 heterocycles. The van der Waals surface area contributed by atoms with Crippen LogP contribution in [0.3, 0.4) is 0 Å². The average molecular weight is 320 g/mol. The maximum absolute atomic E-state index is 12.6. The number of β-amino-alcohol motifs (C(OH)–C–C–N with tert-alkyl or cyclic N) is 1. The molecule has 6 nitrogen and oxygen atoms in total. The van der Waals surface area contributed by atoms with Gasteiger partial charge in [0.2, 0.25) is 5.91 Å². The third-order valence-electron chi connectivity index (χ3n) is 4.66. The third-order valence-corrected chi connectivity index (χ3v) is 4.66. The van der Waals surface area contributed by atoms with E-state index >= 15 is 0 Å². The summed E-state index contributed by atoms with van der Waals surface area (Å²) in [5.41, 5.74) is 0.191. The Kier molecular flexibility index (Phi) is 4.46. The number of ether oxygens (including phenoxy) is 2. The lowest BCUT2D eigenvalue weighted by Gasteiger charge is -2.27. The Bertz CT molecular complexity index is 588. The van der Waals surface area contributed by atoms with Gasteiger partial charge in [0.15, 0.2) is 11.5 Å². The predicted octanol–water partition coefficient (Wildman–Crippen LogP) is 0.432. The molecule has 1 amide bonds. The lowest BCUT2D eigenvalue weighted by molar-refractivity contribution is -0.125. The van der Waals surface area contributed by atoms with E-state index in [0.29, 0.717) is 32.1 Å². The first-order valence-electron chi connectivity index (χ1n) is 8.05. The molecule has 1 aromatic carbocycles. The molecule has 6 heteroatoms. The van der Waals surface area contributed by atoms with Gasteiger partial charge in [0.05, 0.1) is 11.5 Å². The van der Waals surface area contributed by atoms with Gasteiger partial charge < -0.3 is 25.2 Å². The van der Waals surface area contributed by atoms with E-state index in [-0.39, 0.29) is 11.8 Å². The quantitative estimate of drug-likeness (QED) is 0.750. The van der Waals surface area contributed by atoms with E-state index in [1.54, 1.807) is 0 Å². The summed E-state index contributed by atoms with van der Waals surface area (Å²) in [6.45, 7) is 6.64. The fourth-order valence-corrected chi connectivity index (χ4v) is 2.94. The molecule has 0 aliphatic carbocycles. The maximum atomic E-state index is 12.6. The largest absolute Gasteiger partial charge is 0.486 e. The first kappa shape index (κ1) is 16.1. The Morgan fingerprint density at radius 1 is 1.30 bits per heavy atom. The van der Waals surface area contributed by atoms with Crippen molar-refractivity contribution in [3.63, 3.8) is 0 Å². The number of fused-ring (bicyclic) bond motifs is 1. The van der Waals surface area contributed by atoms with Crippen LogP contribution in [0.2, 0.25) is 0 Å². The predicted molar refractivity (Wildman–Crippen MR) is 85.8 cm³/mol. The van der Waals surface area contributed by atoms with Gasteiger partial charge in [-0.05, 0) is 31.5 Å². The minimum Gasteiger partial charge on any atom is -0.486 e. The summed E-state index contributed by atoms with van der Waals surface area (Å²) in [6.07, 6.45) is -0.396. The van der Waals surface area contributed by atoms with Crippen molar-refractivity contribution >= 4 is 5.91 Å². The van der Waals surface area contributed by atoms with Crippen LogP contribution in [0, 0.1) is 5.92 Å². The summed E-state index contributed by atoms with van der Waals surface area (Å²) in [4.78, 5) is 12.6. The van der Waals surface area contributed by atoms with Gasteiger partial charge in [0.1, 0.15) is 13.2 Å². The van der Waals surface area contributed by atoms with E-state index in [9.17, 15) is 9.90 Å². The highest BCUT2D eigenvalue weighted by Crippen LogP contribution is 2.35. The lowest BCUT2D eigenvalue weighted by Crippen LogP contribution is -2.43. The summed E-state index contributed by atoms with van der Waals surface area (Å²) in [6, 6.07) is 5.63. The van der Waals surface area contributed by atoms with Crippen molar-refractivity contribution in [2.24, 2.45) is 5.92 Å². The highest BCUT2D eigenvalue weighted by Gasteiger charge is 2.33. The Morgan fingerprint density at radius 3 is 2.74 bits per heavy atom. The molecule has 1 saturated heterocycles. The van der Waals surface area contributed by atoms with E-state index in [4.69, 9.17) is 9.47 Å². The van der Waals surface area contributed by atoms with E-state index in [1.165, 1.54) is 0 Å².